The van der Waals surface area contributed by atoms with Crippen molar-refractivity contribution < 1.29 is 4.39 Å². The van der Waals surface area contributed by atoms with Gasteiger partial charge >= 0.3 is 0 Å². The second-order valence-corrected chi connectivity index (χ2v) is 5.65. The average molecular weight is 286 g/mol. The number of nitrogens with one attached hydrogen (secondary N) is 1. The number of anilines is 2. The van der Waals surface area contributed by atoms with Crippen molar-refractivity contribution in [1.82, 2.24) is 5.32 Å². The van der Waals surface area contributed by atoms with Crippen molar-refractivity contribution in [3.05, 3.63) is 59.4 Å². The molecule has 0 aromatic heterocycles. The van der Waals surface area contributed by atoms with E-state index in [-0.39, 0.29) is 5.82 Å². The zero-order valence-corrected chi connectivity index (χ0v) is 13.2. The molecule has 0 amide bonds. The van der Waals surface area contributed by atoms with Crippen molar-refractivity contribution in [3.8, 4) is 0 Å². The third kappa shape index (κ3) is 3.82. The number of rotatable bonds is 5. The Kier molecular flexibility index (Phi) is 4.97. The van der Waals surface area contributed by atoms with Gasteiger partial charge in [-0.2, -0.15) is 0 Å². The Bertz CT molecular complexity index is 608. The van der Waals surface area contributed by atoms with Crippen molar-refractivity contribution >= 4 is 11.4 Å². The van der Waals surface area contributed by atoms with Gasteiger partial charge in [0.05, 0.1) is 0 Å². The maximum absolute atomic E-state index is 13.6. The predicted molar refractivity (Wildman–Crippen MR) is 87.6 cm³/mol. The van der Waals surface area contributed by atoms with E-state index in [9.17, 15) is 4.39 Å². The van der Waals surface area contributed by atoms with Crippen LogP contribution in [-0.2, 0) is 6.54 Å². The van der Waals surface area contributed by atoms with Gasteiger partial charge in [-0.3, -0.25) is 0 Å². The molecule has 2 aromatic carbocycles. The molecule has 3 heteroatoms. The van der Waals surface area contributed by atoms with Crippen LogP contribution in [0.25, 0.3) is 0 Å². The first kappa shape index (κ1) is 15.5. The average Bonchev–Trinajstić information content (AvgIpc) is 2.45. The summed E-state index contributed by atoms with van der Waals surface area (Å²) < 4.78 is 13.6. The molecule has 0 fully saturated rings. The summed E-state index contributed by atoms with van der Waals surface area (Å²) in [5.41, 5.74) is 4.33. The van der Waals surface area contributed by atoms with Gasteiger partial charge in [-0.15, -0.1) is 0 Å². The van der Waals surface area contributed by atoms with E-state index in [1.54, 1.807) is 6.07 Å². The first-order chi connectivity index (χ1) is 9.99. The van der Waals surface area contributed by atoms with E-state index in [4.69, 9.17) is 0 Å². The summed E-state index contributed by atoms with van der Waals surface area (Å²) in [5, 5.41) is 3.36. The van der Waals surface area contributed by atoms with Crippen molar-refractivity contribution in [3.63, 3.8) is 0 Å². The summed E-state index contributed by atoms with van der Waals surface area (Å²) >= 11 is 0. The summed E-state index contributed by atoms with van der Waals surface area (Å²) in [6.07, 6.45) is 0. The number of para-hydroxylation sites is 1. The molecule has 2 nitrogen and oxygen atoms in total. The smallest absolute Gasteiger partial charge is 0.123 e. The zero-order valence-electron chi connectivity index (χ0n) is 13.2. The number of aryl methyl sites for hydroxylation is 1. The zero-order chi connectivity index (χ0) is 15.4. The van der Waals surface area contributed by atoms with E-state index in [1.165, 1.54) is 11.6 Å². The first-order valence-electron chi connectivity index (χ1n) is 7.30. The molecule has 2 aromatic rings. The normalized spacial score (nSPS) is 11.0. The maximum atomic E-state index is 13.6. The van der Waals surface area contributed by atoms with E-state index in [0.717, 1.165) is 16.9 Å². The van der Waals surface area contributed by atoms with Gasteiger partial charge in [0.15, 0.2) is 0 Å². The highest BCUT2D eigenvalue weighted by atomic mass is 19.1. The summed E-state index contributed by atoms with van der Waals surface area (Å²) in [6.45, 7) is 6.91. The van der Waals surface area contributed by atoms with Gasteiger partial charge in [-0.05, 0) is 42.3 Å². The molecule has 0 radical (unpaired) electrons. The predicted octanol–water partition coefficient (Wildman–Crippen LogP) is 4.40. The largest absolute Gasteiger partial charge is 0.344 e. The molecule has 0 saturated heterocycles. The summed E-state index contributed by atoms with van der Waals surface area (Å²) in [5.74, 6) is -0.197. The van der Waals surface area contributed by atoms with Gasteiger partial charge in [0.2, 0.25) is 0 Å². The minimum absolute atomic E-state index is 0.197. The van der Waals surface area contributed by atoms with Gasteiger partial charge in [0.1, 0.15) is 5.82 Å². The fraction of sp³-hybridized carbons (Fsp3) is 0.333. The second kappa shape index (κ2) is 6.72. The summed E-state index contributed by atoms with van der Waals surface area (Å²) in [7, 11) is 2.02. The molecular weight excluding hydrogens is 263 g/mol. The molecular formula is C18H23FN2. The third-order valence-corrected chi connectivity index (χ3v) is 3.58. The van der Waals surface area contributed by atoms with Crippen molar-refractivity contribution in [1.29, 1.82) is 0 Å². The molecule has 0 aliphatic carbocycles. The molecule has 0 unspecified atom stereocenters. The lowest BCUT2D eigenvalue weighted by atomic mass is 10.1. The highest BCUT2D eigenvalue weighted by Crippen LogP contribution is 2.29. The van der Waals surface area contributed by atoms with Crippen LogP contribution in [0.15, 0.2) is 42.5 Å². The minimum Gasteiger partial charge on any atom is -0.344 e. The fourth-order valence-corrected chi connectivity index (χ4v) is 2.41. The minimum atomic E-state index is -0.197. The third-order valence-electron chi connectivity index (χ3n) is 3.58. The van der Waals surface area contributed by atoms with Crippen molar-refractivity contribution in [2.45, 2.75) is 33.4 Å². The topological polar surface area (TPSA) is 15.3 Å². The molecule has 2 rings (SSSR count). The molecule has 1 N–H and O–H groups in total. The lowest BCUT2D eigenvalue weighted by Crippen LogP contribution is -2.23. The highest BCUT2D eigenvalue weighted by molar-refractivity contribution is 5.68. The summed E-state index contributed by atoms with van der Waals surface area (Å²) in [4.78, 5) is 2.12. The molecule has 0 aliphatic rings. The van der Waals surface area contributed by atoms with Crippen LogP contribution in [0.1, 0.15) is 25.0 Å². The highest BCUT2D eigenvalue weighted by Gasteiger charge is 2.12. The van der Waals surface area contributed by atoms with Gasteiger partial charge in [0.25, 0.3) is 0 Å². The molecule has 0 atom stereocenters. The van der Waals surface area contributed by atoms with Crippen LogP contribution in [0.5, 0.6) is 0 Å². The van der Waals surface area contributed by atoms with E-state index in [1.807, 2.05) is 25.2 Å². The van der Waals surface area contributed by atoms with Crippen LogP contribution in [0.4, 0.5) is 15.8 Å². The molecule has 0 bridgehead atoms. The lowest BCUT2D eigenvalue weighted by Gasteiger charge is -2.25. The molecule has 0 spiro atoms. The lowest BCUT2D eigenvalue weighted by molar-refractivity contribution is 0.581. The van der Waals surface area contributed by atoms with Gasteiger partial charge in [0, 0.05) is 31.0 Å². The quantitative estimate of drug-likeness (QED) is 0.876. The van der Waals surface area contributed by atoms with Gasteiger partial charge < -0.3 is 10.2 Å². The van der Waals surface area contributed by atoms with E-state index in [2.05, 4.69) is 43.1 Å². The van der Waals surface area contributed by atoms with Crippen LogP contribution in [-0.4, -0.2) is 13.1 Å². The van der Waals surface area contributed by atoms with E-state index < -0.39 is 0 Å². The Labute approximate surface area is 126 Å². The Balaban J connectivity index is 2.36. The number of hydrogen-bond acceptors (Lipinski definition) is 2. The first-order valence-corrected chi connectivity index (χ1v) is 7.30. The van der Waals surface area contributed by atoms with Crippen LogP contribution in [0, 0.1) is 12.7 Å². The number of benzene rings is 2. The molecule has 0 aliphatic heterocycles. The van der Waals surface area contributed by atoms with E-state index in [0.29, 0.717) is 12.6 Å². The molecule has 112 valence electrons. The Hall–Kier alpha value is -1.87. The standard InChI is InChI=1S/C18H23FN2/c1-13(2)20-12-15-11-16(19)9-10-18(15)21(4)17-8-6-5-7-14(17)3/h5-11,13,20H,12H2,1-4H3. The monoisotopic (exact) mass is 286 g/mol. The second-order valence-electron chi connectivity index (χ2n) is 5.65. The Morgan fingerprint density at radius 1 is 1.10 bits per heavy atom. The summed E-state index contributed by atoms with van der Waals surface area (Å²) in [6, 6.07) is 13.6. The van der Waals surface area contributed by atoms with Crippen LogP contribution < -0.4 is 10.2 Å². The fourth-order valence-electron chi connectivity index (χ4n) is 2.41. The molecule has 0 saturated carbocycles. The molecule has 0 heterocycles. The van der Waals surface area contributed by atoms with Crippen molar-refractivity contribution in [2.75, 3.05) is 11.9 Å². The number of halogens is 1. The SMILES string of the molecule is Cc1ccccc1N(C)c1ccc(F)cc1CNC(C)C. The van der Waals surface area contributed by atoms with Crippen molar-refractivity contribution in [2.24, 2.45) is 0 Å². The number of hydrogen-bond donors (Lipinski definition) is 1. The van der Waals surface area contributed by atoms with Crippen LogP contribution >= 0.6 is 0 Å². The Morgan fingerprint density at radius 3 is 2.48 bits per heavy atom. The van der Waals surface area contributed by atoms with Gasteiger partial charge in [-0.1, -0.05) is 32.0 Å². The Morgan fingerprint density at radius 2 is 1.81 bits per heavy atom. The number of nitrogens with zero attached hydrogens (tertiary/aromatic N) is 1. The van der Waals surface area contributed by atoms with Gasteiger partial charge in [-0.25, -0.2) is 4.39 Å². The van der Waals surface area contributed by atoms with E-state index >= 15 is 0 Å². The van der Waals surface area contributed by atoms with Crippen LogP contribution in [0.2, 0.25) is 0 Å². The van der Waals surface area contributed by atoms with Crippen LogP contribution in [0.3, 0.4) is 0 Å². The maximum Gasteiger partial charge on any atom is 0.123 e. The molecule has 21 heavy (non-hydrogen) atoms.